The van der Waals surface area contributed by atoms with Gasteiger partial charge in [0.1, 0.15) is 5.75 Å². The molecular weight excluding hydrogens is 258 g/mol. The first-order chi connectivity index (χ1) is 9.61. The highest BCUT2D eigenvalue weighted by molar-refractivity contribution is 5.61. The van der Waals surface area contributed by atoms with Gasteiger partial charge < -0.3 is 10.1 Å². The van der Waals surface area contributed by atoms with Crippen molar-refractivity contribution in [2.75, 3.05) is 12.4 Å². The van der Waals surface area contributed by atoms with Gasteiger partial charge in [0, 0.05) is 12.3 Å². The number of hydrogen-bond donors (Lipinski definition) is 1. The fraction of sp³-hybridized carbons (Fsp3) is 0.214. The maximum atomic E-state index is 10.7. The Morgan fingerprint density at radius 1 is 1.35 bits per heavy atom. The fourth-order valence-electron chi connectivity index (χ4n) is 1.85. The van der Waals surface area contributed by atoms with E-state index in [9.17, 15) is 10.1 Å². The molecule has 0 bridgehead atoms. The van der Waals surface area contributed by atoms with E-state index >= 15 is 0 Å². The summed E-state index contributed by atoms with van der Waals surface area (Å²) in [7, 11) is 1.48. The molecule has 1 heterocycles. The van der Waals surface area contributed by atoms with Crippen LogP contribution in [0.25, 0.3) is 0 Å². The normalized spacial score (nSPS) is 11.7. The van der Waals surface area contributed by atoms with E-state index in [1.807, 2.05) is 25.1 Å². The number of benzene rings is 1. The average molecular weight is 273 g/mol. The van der Waals surface area contributed by atoms with E-state index in [0.717, 1.165) is 5.69 Å². The zero-order valence-electron chi connectivity index (χ0n) is 11.2. The van der Waals surface area contributed by atoms with Gasteiger partial charge in [-0.15, -0.1) is 0 Å². The summed E-state index contributed by atoms with van der Waals surface area (Å²) in [6.07, 6.45) is 1.72. The zero-order chi connectivity index (χ0) is 14.5. The number of nitrogens with one attached hydrogen (secondary N) is 1. The van der Waals surface area contributed by atoms with Gasteiger partial charge in [-0.25, -0.2) is 0 Å². The van der Waals surface area contributed by atoms with Crippen molar-refractivity contribution in [3.8, 4) is 5.75 Å². The second-order valence-corrected chi connectivity index (χ2v) is 4.26. The molecule has 1 atom stereocenters. The maximum absolute atomic E-state index is 10.7. The molecule has 0 amide bonds. The molecule has 0 aliphatic heterocycles. The van der Waals surface area contributed by atoms with Crippen LogP contribution < -0.4 is 10.1 Å². The van der Waals surface area contributed by atoms with Gasteiger partial charge in [-0.1, -0.05) is 6.07 Å². The number of methoxy groups -OCH3 is 1. The lowest BCUT2D eigenvalue weighted by Gasteiger charge is -2.16. The average Bonchev–Trinajstić information content (AvgIpc) is 2.48. The van der Waals surface area contributed by atoms with Crippen molar-refractivity contribution in [3.63, 3.8) is 0 Å². The van der Waals surface area contributed by atoms with Crippen LogP contribution in [0.1, 0.15) is 18.7 Å². The smallest absolute Gasteiger partial charge is 0.273 e. The lowest BCUT2D eigenvalue weighted by atomic mass is 10.2. The minimum atomic E-state index is -0.450. The molecule has 0 spiro atoms. The summed E-state index contributed by atoms with van der Waals surface area (Å²) in [6, 6.07) is 10.1. The van der Waals surface area contributed by atoms with Gasteiger partial charge in [-0.2, -0.15) is 0 Å². The molecular formula is C14H15N3O3. The summed E-state index contributed by atoms with van der Waals surface area (Å²) >= 11 is 0. The van der Waals surface area contributed by atoms with E-state index in [1.165, 1.54) is 19.2 Å². The first kappa shape index (κ1) is 13.8. The molecule has 2 aromatic rings. The molecule has 0 fully saturated rings. The largest absolute Gasteiger partial charge is 0.494 e. The van der Waals surface area contributed by atoms with Gasteiger partial charge >= 0.3 is 0 Å². The Morgan fingerprint density at radius 3 is 2.75 bits per heavy atom. The highest BCUT2D eigenvalue weighted by Gasteiger charge is 2.14. The highest BCUT2D eigenvalue weighted by atomic mass is 16.6. The van der Waals surface area contributed by atoms with Gasteiger partial charge in [0.25, 0.3) is 5.69 Å². The minimum Gasteiger partial charge on any atom is -0.494 e. The van der Waals surface area contributed by atoms with E-state index < -0.39 is 4.92 Å². The zero-order valence-corrected chi connectivity index (χ0v) is 11.2. The van der Waals surface area contributed by atoms with E-state index in [0.29, 0.717) is 11.4 Å². The molecule has 0 saturated carbocycles. The lowest BCUT2D eigenvalue weighted by molar-refractivity contribution is -0.384. The van der Waals surface area contributed by atoms with Crippen LogP contribution in [-0.2, 0) is 0 Å². The molecule has 1 aromatic heterocycles. The Kier molecular flexibility index (Phi) is 4.14. The number of nitro benzene ring substituents is 1. The molecule has 0 radical (unpaired) electrons. The van der Waals surface area contributed by atoms with Gasteiger partial charge in [0.2, 0.25) is 0 Å². The van der Waals surface area contributed by atoms with E-state index in [-0.39, 0.29) is 11.7 Å². The number of nitrogens with zero attached hydrogens (tertiary/aromatic N) is 2. The van der Waals surface area contributed by atoms with Crippen LogP contribution in [0.15, 0.2) is 42.6 Å². The van der Waals surface area contributed by atoms with Crippen molar-refractivity contribution < 1.29 is 9.66 Å². The SMILES string of the molecule is COc1cc([N+](=O)[O-])ccc1NC(C)c1ccccn1. The number of pyridine rings is 1. The molecule has 0 aliphatic carbocycles. The molecule has 0 aliphatic rings. The Morgan fingerprint density at radius 2 is 2.15 bits per heavy atom. The second kappa shape index (κ2) is 6.01. The maximum Gasteiger partial charge on any atom is 0.273 e. The predicted octanol–water partition coefficient (Wildman–Crippen LogP) is 3.17. The Hall–Kier alpha value is -2.63. The Balaban J connectivity index is 2.23. The fourth-order valence-corrected chi connectivity index (χ4v) is 1.85. The molecule has 2 rings (SSSR count). The first-order valence-electron chi connectivity index (χ1n) is 6.11. The van der Waals surface area contributed by atoms with Gasteiger partial charge in [0.05, 0.1) is 35.5 Å². The minimum absolute atomic E-state index is 0.00195. The number of hydrogen-bond acceptors (Lipinski definition) is 5. The van der Waals surface area contributed by atoms with Crippen LogP contribution in [0.2, 0.25) is 0 Å². The number of non-ortho nitro benzene ring substituents is 1. The van der Waals surface area contributed by atoms with Crippen molar-refractivity contribution in [3.05, 3.63) is 58.4 Å². The lowest BCUT2D eigenvalue weighted by Crippen LogP contribution is -2.09. The van der Waals surface area contributed by atoms with Gasteiger partial charge in [-0.05, 0) is 25.1 Å². The number of ether oxygens (including phenoxy) is 1. The summed E-state index contributed by atoms with van der Waals surface area (Å²) < 4.78 is 5.19. The van der Waals surface area contributed by atoms with E-state index in [1.54, 1.807) is 12.3 Å². The van der Waals surface area contributed by atoms with E-state index in [4.69, 9.17) is 4.74 Å². The molecule has 104 valence electrons. The number of nitro groups is 1. The number of rotatable bonds is 5. The Labute approximate surface area is 116 Å². The van der Waals surface area contributed by atoms with E-state index in [2.05, 4.69) is 10.3 Å². The topological polar surface area (TPSA) is 77.3 Å². The van der Waals surface area contributed by atoms with Crippen molar-refractivity contribution >= 4 is 11.4 Å². The number of anilines is 1. The summed E-state index contributed by atoms with van der Waals surface area (Å²) in [4.78, 5) is 14.6. The van der Waals surface area contributed by atoms with Crippen LogP contribution in [-0.4, -0.2) is 17.0 Å². The van der Waals surface area contributed by atoms with Crippen LogP contribution in [0.5, 0.6) is 5.75 Å². The molecule has 0 saturated heterocycles. The monoisotopic (exact) mass is 273 g/mol. The number of aromatic nitrogens is 1. The Bertz CT molecular complexity index is 602. The molecule has 6 heteroatoms. The van der Waals surface area contributed by atoms with Crippen LogP contribution in [0.3, 0.4) is 0 Å². The van der Waals surface area contributed by atoms with Gasteiger partial charge in [-0.3, -0.25) is 15.1 Å². The molecule has 1 unspecified atom stereocenters. The summed E-state index contributed by atoms with van der Waals surface area (Å²) in [5.41, 5.74) is 1.57. The highest BCUT2D eigenvalue weighted by Crippen LogP contribution is 2.31. The third-order valence-corrected chi connectivity index (χ3v) is 2.90. The first-order valence-corrected chi connectivity index (χ1v) is 6.11. The standard InChI is InChI=1S/C14H15N3O3/c1-10(12-5-3-4-8-15-12)16-13-7-6-11(17(18)19)9-14(13)20-2/h3-10,16H,1-2H3. The molecule has 1 N–H and O–H groups in total. The molecule has 1 aromatic carbocycles. The van der Waals surface area contributed by atoms with Crippen molar-refractivity contribution in [2.24, 2.45) is 0 Å². The van der Waals surface area contributed by atoms with Crippen molar-refractivity contribution in [2.45, 2.75) is 13.0 Å². The van der Waals surface area contributed by atoms with Gasteiger partial charge in [0.15, 0.2) is 0 Å². The molecule has 6 nitrogen and oxygen atoms in total. The second-order valence-electron chi connectivity index (χ2n) is 4.26. The van der Waals surface area contributed by atoms with Crippen LogP contribution in [0.4, 0.5) is 11.4 Å². The van der Waals surface area contributed by atoms with Crippen molar-refractivity contribution in [1.29, 1.82) is 0 Å². The quantitative estimate of drug-likeness (QED) is 0.668. The van der Waals surface area contributed by atoms with Crippen LogP contribution >= 0.6 is 0 Å². The predicted molar refractivity (Wildman–Crippen MR) is 75.9 cm³/mol. The van der Waals surface area contributed by atoms with Crippen molar-refractivity contribution in [1.82, 2.24) is 4.98 Å². The molecule has 20 heavy (non-hydrogen) atoms. The third-order valence-electron chi connectivity index (χ3n) is 2.90. The summed E-state index contributed by atoms with van der Waals surface area (Å²) in [6.45, 7) is 1.96. The summed E-state index contributed by atoms with van der Waals surface area (Å²) in [5.74, 6) is 0.432. The summed E-state index contributed by atoms with van der Waals surface area (Å²) in [5, 5.41) is 14.0. The third kappa shape index (κ3) is 3.03. The van der Waals surface area contributed by atoms with Crippen LogP contribution in [0, 0.1) is 10.1 Å².